The maximum atomic E-state index is 8.92. The number of oxime groups is 1. The van der Waals surface area contributed by atoms with Gasteiger partial charge in [-0.2, -0.15) is 0 Å². The molecule has 0 amide bonds. The summed E-state index contributed by atoms with van der Waals surface area (Å²) in [6.07, 6.45) is 0. The molecule has 0 aliphatic carbocycles. The van der Waals surface area contributed by atoms with Crippen molar-refractivity contribution in [3.8, 4) is 0 Å². The average Bonchev–Trinajstić information content (AvgIpc) is 2.45. The predicted octanol–water partition coefficient (Wildman–Crippen LogP) is 2.96. The van der Waals surface area contributed by atoms with Crippen molar-refractivity contribution in [3.05, 3.63) is 46.3 Å². The second-order valence-electron chi connectivity index (χ2n) is 4.89. The molecule has 21 heavy (non-hydrogen) atoms. The standard InChI is InChI=1S/C15H18N4OS/c1-8-5-6-13(12(7-8)14(16)19-20)21-15-17-10(3)9(2)11(4)18-15/h5-7,20H,1-4H3,(H2,16,19). The molecule has 5 nitrogen and oxygen atoms in total. The van der Waals surface area contributed by atoms with Crippen LogP contribution in [-0.4, -0.2) is 21.0 Å². The zero-order valence-electron chi connectivity index (χ0n) is 12.5. The fourth-order valence-corrected chi connectivity index (χ4v) is 2.84. The number of rotatable bonds is 3. The van der Waals surface area contributed by atoms with E-state index in [1.807, 2.05) is 45.9 Å². The summed E-state index contributed by atoms with van der Waals surface area (Å²) in [6, 6.07) is 5.79. The molecule has 0 bridgehead atoms. The predicted molar refractivity (Wildman–Crippen MR) is 84.1 cm³/mol. The zero-order valence-corrected chi connectivity index (χ0v) is 13.3. The number of amidine groups is 1. The summed E-state index contributed by atoms with van der Waals surface area (Å²) < 4.78 is 0. The van der Waals surface area contributed by atoms with E-state index in [0.29, 0.717) is 10.7 Å². The number of aromatic nitrogens is 2. The molecule has 110 valence electrons. The zero-order chi connectivity index (χ0) is 15.6. The molecule has 0 aliphatic rings. The highest BCUT2D eigenvalue weighted by molar-refractivity contribution is 7.99. The van der Waals surface area contributed by atoms with Crippen LogP contribution >= 0.6 is 11.8 Å². The SMILES string of the molecule is Cc1ccc(Sc2nc(C)c(C)c(C)n2)c(/C(N)=N/O)c1. The third-order valence-electron chi connectivity index (χ3n) is 3.33. The van der Waals surface area contributed by atoms with Gasteiger partial charge in [0.2, 0.25) is 0 Å². The van der Waals surface area contributed by atoms with Crippen LogP contribution in [-0.2, 0) is 0 Å². The number of aryl methyl sites for hydroxylation is 3. The number of nitrogens with two attached hydrogens (primary N) is 1. The average molecular weight is 302 g/mol. The number of benzene rings is 1. The summed E-state index contributed by atoms with van der Waals surface area (Å²) in [5.41, 5.74) is 10.5. The van der Waals surface area contributed by atoms with Gasteiger partial charge in [-0.3, -0.25) is 0 Å². The highest BCUT2D eigenvalue weighted by atomic mass is 32.2. The van der Waals surface area contributed by atoms with Gasteiger partial charge in [-0.1, -0.05) is 16.8 Å². The van der Waals surface area contributed by atoms with E-state index in [9.17, 15) is 0 Å². The molecule has 0 unspecified atom stereocenters. The van der Waals surface area contributed by atoms with Gasteiger partial charge in [0.1, 0.15) is 0 Å². The van der Waals surface area contributed by atoms with Crippen molar-refractivity contribution in [1.29, 1.82) is 0 Å². The van der Waals surface area contributed by atoms with Crippen LogP contribution in [0.3, 0.4) is 0 Å². The minimum atomic E-state index is 0.0850. The molecule has 3 N–H and O–H groups in total. The summed E-state index contributed by atoms with van der Waals surface area (Å²) in [7, 11) is 0. The molecule has 0 saturated heterocycles. The van der Waals surface area contributed by atoms with Crippen molar-refractivity contribution in [2.24, 2.45) is 10.9 Å². The van der Waals surface area contributed by atoms with E-state index in [0.717, 1.165) is 27.4 Å². The molecule has 1 aromatic carbocycles. The first-order valence-electron chi connectivity index (χ1n) is 6.50. The van der Waals surface area contributed by atoms with Gasteiger partial charge in [0.05, 0.1) is 0 Å². The second kappa shape index (κ2) is 6.13. The number of hydrogen-bond acceptors (Lipinski definition) is 5. The Morgan fingerprint density at radius 3 is 2.33 bits per heavy atom. The molecule has 0 fully saturated rings. The van der Waals surface area contributed by atoms with E-state index in [-0.39, 0.29) is 5.84 Å². The van der Waals surface area contributed by atoms with Crippen LogP contribution in [0, 0.1) is 27.7 Å². The lowest BCUT2D eigenvalue weighted by Gasteiger charge is -2.10. The van der Waals surface area contributed by atoms with Gasteiger partial charge in [-0.25, -0.2) is 9.97 Å². The fourth-order valence-electron chi connectivity index (χ4n) is 1.87. The maximum Gasteiger partial charge on any atom is 0.192 e. The summed E-state index contributed by atoms with van der Waals surface area (Å²) >= 11 is 1.41. The topological polar surface area (TPSA) is 84.4 Å². The summed E-state index contributed by atoms with van der Waals surface area (Å²) in [5, 5.41) is 12.7. The number of nitrogens with zero attached hydrogens (tertiary/aromatic N) is 3. The molecular formula is C15H18N4OS. The van der Waals surface area contributed by atoms with E-state index in [1.54, 1.807) is 0 Å². The van der Waals surface area contributed by atoms with Crippen molar-refractivity contribution >= 4 is 17.6 Å². The second-order valence-corrected chi connectivity index (χ2v) is 5.90. The molecule has 6 heteroatoms. The lowest BCUT2D eigenvalue weighted by atomic mass is 10.1. The van der Waals surface area contributed by atoms with Gasteiger partial charge >= 0.3 is 0 Å². The Balaban J connectivity index is 2.45. The Morgan fingerprint density at radius 2 is 1.76 bits per heavy atom. The number of hydrogen-bond donors (Lipinski definition) is 2. The molecule has 1 heterocycles. The molecule has 0 atom stereocenters. The first-order valence-corrected chi connectivity index (χ1v) is 7.32. The van der Waals surface area contributed by atoms with E-state index < -0.39 is 0 Å². The van der Waals surface area contributed by atoms with Gasteiger partial charge in [-0.15, -0.1) is 0 Å². The van der Waals surface area contributed by atoms with Crippen LogP contribution in [0.25, 0.3) is 0 Å². The van der Waals surface area contributed by atoms with Crippen molar-refractivity contribution < 1.29 is 5.21 Å². The minimum Gasteiger partial charge on any atom is -0.409 e. The molecule has 0 radical (unpaired) electrons. The first-order chi connectivity index (χ1) is 9.92. The molecule has 1 aromatic heterocycles. The van der Waals surface area contributed by atoms with Crippen molar-refractivity contribution in [2.75, 3.05) is 0 Å². The van der Waals surface area contributed by atoms with Crippen molar-refractivity contribution in [2.45, 2.75) is 37.7 Å². The van der Waals surface area contributed by atoms with Crippen LogP contribution < -0.4 is 5.73 Å². The fraction of sp³-hybridized carbons (Fsp3) is 0.267. The Labute approximate surface area is 128 Å². The molecule has 0 spiro atoms. The van der Waals surface area contributed by atoms with Crippen LogP contribution in [0.4, 0.5) is 0 Å². The Bertz CT molecular complexity index is 690. The van der Waals surface area contributed by atoms with E-state index in [2.05, 4.69) is 15.1 Å². The lowest BCUT2D eigenvalue weighted by molar-refractivity contribution is 0.318. The highest BCUT2D eigenvalue weighted by Crippen LogP contribution is 2.29. The summed E-state index contributed by atoms with van der Waals surface area (Å²) in [6.45, 7) is 7.90. The largest absolute Gasteiger partial charge is 0.409 e. The van der Waals surface area contributed by atoms with Crippen molar-refractivity contribution in [3.63, 3.8) is 0 Å². The molecular weight excluding hydrogens is 284 g/mol. The highest BCUT2D eigenvalue weighted by Gasteiger charge is 2.12. The Kier molecular flexibility index (Phi) is 4.47. The summed E-state index contributed by atoms with van der Waals surface area (Å²) in [4.78, 5) is 9.83. The van der Waals surface area contributed by atoms with Crippen LogP contribution in [0.2, 0.25) is 0 Å². The van der Waals surface area contributed by atoms with E-state index >= 15 is 0 Å². The van der Waals surface area contributed by atoms with Gasteiger partial charge in [0.25, 0.3) is 0 Å². The molecule has 2 aromatic rings. The lowest BCUT2D eigenvalue weighted by Crippen LogP contribution is -2.14. The smallest absolute Gasteiger partial charge is 0.192 e. The minimum absolute atomic E-state index is 0.0850. The third-order valence-corrected chi connectivity index (χ3v) is 4.27. The van der Waals surface area contributed by atoms with Gasteiger partial charge < -0.3 is 10.9 Å². The van der Waals surface area contributed by atoms with E-state index in [4.69, 9.17) is 10.9 Å². The Morgan fingerprint density at radius 1 is 1.14 bits per heavy atom. The quantitative estimate of drug-likeness (QED) is 0.299. The normalized spacial score (nSPS) is 11.7. The maximum absolute atomic E-state index is 8.92. The third kappa shape index (κ3) is 3.33. The summed E-state index contributed by atoms with van der Waals surface area (Å²) in [5.74, 6) is 0.0850. The van der Waals surface area contributed by atoms with Crippen LogP contribution in [0.1, 0.15) is 28.1 Å². The van der Waals surface area contributed by atoms with Gasteiger partial charge in [0.15, 0.2) is 11.0 Å². The van der Waals surface area contributed by atoms with E-state index in [1.165, 1.54) is 11.8 Å². The van der Waals surface area contributed by atoms with Gasteiger partial charge in [-0.05, 0) is 57.2 Å². The monoisotopic (exact) mass is 302 g/mol. The van der Waals surface area contributed by atoms with Crippen LogP contribution in [0.15, 0.2) is 33.4 Å². The van der Waals surface area contributed by atoms with Crippen molar-refractivity contribution in [1.82, 2.24) is 9.97 Å². The molecule has 0 saturated carbocycles. The van der Waals surface area contributed by atoms with Crippen LogP contribution in [0.5, 0.6) is 0 Å². The Hall–Kier alpha value is -2.08. The molecule has 2 rings (SSSR count). The first kappa shape index (κ1) is 15.3. The molecule has 0 aliphatic heterocycles. The van der Waals surface area contributed by atoms with Gasteiger partial charge in [0, 0.05) is 21.8 Å².